The maximum Gasteiger partial charge on any atom is 0.331 e. The van der Waals surface area contributed by atoms with E-state index in [4.69, 9.17) is 37.9 Å². The van der Waals surface area contributed by atoms with Crippen LogP contribution >= 0.6 is 0 Å². The van der Waals surface area contributed by atoms with Gasteiger partial charge < -0.3 is 53.2 Å². The second-order valence-electron chi connectivity index (χ2n) is 20.3. The Kier molecular flexibility index (Phi) is 11.7. The van der Waals surface area contributed by atoms with Gasteiger partial charge in [0.15, 0.2) is 18.9 Å². The number of aliphatic hydroxyl groups excluding tert-OH is 2. The summed E-state index contributed by atoms with van der Waals surface area (Å²) in [5, 5.41) is 35.3. The van der Waals surface area contributed by atoms with E-state index in [0.717, 1.165) is 63.6 Å². The van der Waals surface area contributed by atoms with Gasteiger partial charge in [0.2, 0.25) is 0 Å². The number of fused-ring (bicyclic) bond motifs is 5. The van der Waals surface area contributed by atoms with Gasteiger partial charge in [0.1, 0.15) is 18.8 Å². The third kappa shape index (κ3) is 7.35. The van der Waals surface area contributed by atoms with Gasteiger partial charge >= 0.3 is 5.97 Å². The first-order valence-corrected chi connectivity index (χ1v) is 22.9. The third-order valence-corrected chi connectivity index (χ3v) is 17.1. The van der Waals surface area contributed by atoms with Crippen LogP contribution < -0.4 is 0 Å². The predicted molar refractivity (Wildman–Crippen MR) is 210 cm³/mol. The fourth-order valence-corrected chi connectivity index (χ4v) is 13.5. The Morgan fingerprint density at radius 3 is 2.10 bits per heavy atom. The number of rotatable bonds is 8. The normalized spacial score (nSPS) is 52.8. The van der Waals surface area contributed by atoms with Crippen molar-refractivity contribution in [3.63, 3.8) is 0 Å². The minimum atomic E-state index is -0.872. The van der Waals surface area contributed by atoms with Crippen molar-refractivity contribution in [2.24, 2.45) is 28.6 Å². The summed E-state index contributed by atoms with van der Waals surface area (Å²) in [7, 11) is 0. The quantitative estimate of drug-likeness (QED) is 0.228. The lowest BCUT2D eigenvalue weighted by atomic mass is 9.48. The smallest absolute Gasteiger partial charge is 0.331 e. The van der Waals surface area contributed by atoms with Crippen LogP contribution in [0.25, 0.3) is 0 Å². The summed E-state index contributed by atoms with van der Waals surface area (Å²) < 4.78 is 50.6. The molecular formula is C45H71NO12. The summed E-state index contributed by atoms with van der Waals surface area (Å²) in [6, 6.07) is 0.653. The van der Waals surface area contributed by atoms with Crippen LogP contribution in [0.15, 0.2) is 11.6 Å². The number of carbonyl (C=O) groups is 1. The molecule has 0 bridgehead atoms. The molecule has 0 aromatic rings. The van der Waals surface area contributed by atoms with Crippen LogP contribution in [0.3, 0.4) is 0 Å². The number of cyclic esters (lactones) is 1. The molecule has 0 aromatic carbocycles. The van der Waals surface area contributed by atoms with Crippen molar-refractivity contribution in [2.75, 3.05) is 19.7 Å². The highest BCUT2D eigenvalue weighted by Gasteiger charge is 2.71. The molecule has 3 N–H and O–H groups in total. The summed E-state index contributed by atoms with van der Waals surface area (Å²) >= 11 is 0. The first-order valence-electron chi connectivity index (χ1n) is 22.9. The molecular weight excluding hydrogens is 746 g/mol. The molecule has 9 aliphatic rings. The number of hydrogen-bond acceptors (Lipinski definition) is 13. The molecule has 0 amide bonds. The molecule has 4 saturated carbocycles. The molecule has 58 heavy (non-hydrogen) atoms. The summed E-state index contributed by atoms with van der Waals surface area (Å²) in [6.45, 7) is 14.7. The Hall–Kier alpha value is -1.23. The molecule has 5 aliphatic heterocycles. The van der Waals surface area contributed by atoms with E-state index < -0.39 is 66.5 Å². The van der Waals surface area contributed by atoms with Crippen molar-refractivity contribution >= 4 is 5.97 Å². The van der Waals surface area contributed by atoms with Gasteiger partial charge in [-0.15, -0.1) is 0 Å². The second-order valence-corrected chi connectivity index (χ2v) is 20.3. The molecule has 13 heteroatoms. The Bertz CT molecular complexity index is 1500. The highest BCUT2D eigenvalue weighted by atomic mass is 16.7. The van der Waals surface area contributed by atoms with E-state index in [-0.39, 0.29) is 60.5 Å². The van der Waals surface area contributed by atoms with E-state index in [0.29, 0.717) is 25.0 Å². The first kappa shape index (κ1) is 42.1. The van der Waals surface area contributed by atoms with Crippen LogP contribution in [0.1, 0.15) is 125 Å². The van der Waals surface area contributed by atoms with Crippen LogP contribution in [0.5, 0.6) is 0 Å². The maximum atomic E-state index is 12.7. The molecule has 5 unspecified atom stereocenters. The zero-order chi connectivity index (χ0) is 40.7. The van der Waals surface area contributed by atoms with Crippen molar-refractivity contribution in [1.29, 1.82) is 0 Å². The topological polar surface area (TPSA) is 155 Å². The van der Waals surface area contributed by atoms with Gasteiger partial charge in [-0.1, -0.05) is 20.3 Å². The molecule has 4 aliphatic carbocycles. The number of esters is 1. The molecule has 9 rings (SSSR count). The fourth-order valence-electron chi connectivity index (χ4n) is 13.5. The molecule has 4 saturated heterocycles. The molecule has 13 nitrogen and oxygen atoms in total. The van der Waals surface area contributed by atoms with Crippen LogP contribution in [-0.4, -0.2) is 137 Å². The molecule has 0 aromatic heterocycles. The Balaban J connectivity index is 0.760. The van der Waals surface area contributed by atoms with Crippen LogP contribution in [0, 0.1) is 28.6 Å². The van der Waals surface area contributed by atoms with Gasteiger partial charge in [-0.25, -0.2) is 4.79 Å². The van der Waals surface area contributed by atoms with E-state index in [9.17, 15) is 20.1 Å². The Morgan fingerprint density at radius 2 is 1.47 bits per heavy atom. The lowest BCUT2D eigenvalue weighted by Crippen LogP contribution is -2.69. The molecule has 5 heterocycles. The van der Waals surface area contributed by atoms with Crippen molar-refractivity contribution in [3.05, 3.63) is 11.6 Å². The highest BCUT2D eigenvalue weighted by Crippen LogP contribution is 2.68. The van der Waals surface area contributed by atoms with Gasteiger partial charge in [0.05, 0.1) is 54.4 Å². The second kappa shape index (κ2) is 16.2. The minimum Gasteiger partial charge on any atom is -0.458 e. The minimum absolute atomic E-state index is 0.00937. The van der Waals surface area contributed by atoms with E-state index in [1.165, 1.54) is 19.3 Å². The van der Waals surface area contributed by atoms with Crippen molar-refractivity contribution < 1.29 is 58.0 Å². The van der Waals surface area contributed by atoms with E-state index in [1.54, 1.807) is 6.08 Å². The number of hydrogen-bond donors (Lipinski definition) is 3. The summed E-state index contributed by atoms with van der Waals surface area (Å²) in [6.07, 6.45) is 7.25. The van der Waals surface area contributed by atoms with Crippen molar-refractivity contribution in [2.45, 2.75) is 217 Å². The Labute approximate surface area is 344 Å². The fraction of sp³-hybridized carbons (Fsp3) is 0.933. The van der Waals surface area contributed by atoms with Gasteiger partial charge in [-0.05, 0) is 108 Å². The van der Waals surface area contributed by atoms with Crippen LogP contribution in [0.4, 0.5) is 0 Å². The summed E-state index contributed by atoms with van der Waals surface area (Å²) in [5.74, 6) is 0.181. The monoisotopic (exact) mass is 817 g/mol. The summed E-state index contributed by atoms with van der Waals surface area (Å²) in [5.41, 5.74) is -0.464. The lowest BCUT2D eigenvalue weighted by Gasteiger charge is -2.65. The standard InChI is InChI=1S/C45H71NO12/c1-24-22-46(30-8-7-9-30)17-14-37(52-24)57-40-25(2)54-39(21-35(40)48)58-41-26(3)53-38(20-34(41)47)56-31-12-15-43(5)29(19-31)10-11-33-42(43)55-27(4)44(6)32(13-16-45(33,44)50)28-18-36(49)51-23-28/h18,24-27,29-35,37-42,47-48,50H,7-17,19-23H2,1-6H3/t24?,25-,26-,27-,29?,31-,32+,33?,34-,35-,37?,38-,39-,40+,41+,42?,43-,44+,45-/m0/s1. The number of ether oxygens (including phenoxy) is 8. The molecule has 8 fully saturated rings. The number of aliphatic hydroxyl groups is 3. The van der Waals surface area contributed by atoms with E-state index in [1.807, 2.05) is 13.8 Å². The third-order valence-electron chi connectivity index (χ3n) is 17.1. The Morgan fingerprint density at radius 1 is 0.776 bits per heavy atom. The van der Waals surface area contributed by atoms with Crippen molar-refractivity contribution in [3.8, 4) is 0 Å². The zero-order valence-corrected chi connectivity index (χ0v) is 35.7. The number of carbonyl (C=O) groups excluding carboxylic acids is 1. The van der Waals surface area contributed by atoms with E-state index in [2.05, 4.69) is 32.6 Å². The first-order chi connectivity index (χ1) is 27.7. The summed E-state index contributed by atoms with van der Waals surface area (Å²) in [4.78, 5) is 14.5. The SMILES string of the molecule is CC1CN(C2CCC2)CCC(O[C@@H]2[C@H](C)O[C@@H](O[C@@H]3[C@H](C)O[C@@H](O[C@H]4CC[C@@]5(C)C(CCC6C5O[C@@H](C)[C@]5(C)[C@@H](C7=CC(=O)OC7)CC[C@]65O)C4)C[C@@H]3O)C[C@@H]2O)O1. The largest absolute Gasteiger partial charge is 0.458 e. The lowest BCUT2D eigenvalue weighted by molar-refractivity contribution is -0.331. The highest BCUT2D eigenvalue weighted by molar-refractivity contribution is 5.85. The average molecular weight is 818 g/mol. The molecule has 19 atom stereocenters. The number of nitrogens with zero attached hydrogens (tertiary/aromatic N) is 1. The molecule has 0 radical (unpaired) electrons. The van der Waals surface area contributed by atoms with Crippen LogP contribution in [-0.2, 0) is 42.7 Å². The average Bonchev–Trinajstić information content (AvgIpc) is 3.63. The van der Waals surface area contributed by atoms with Gasteiger partial charge in [0.25, 0.3) is 0 Å². The molecule has 0 spiro atoms. The molecule has 328 valence electrons. The zero-order valence-electron chi connectivity index (χ0n) is 35.7. The van der Waals surface area contributed by atoms with Crippen molar-refractivity contribution in [1.82, 2.24) is 4.90 Å². The van der Waals surface area contributed by atoms with Gasteiger partial charge in [-0.2, -0.15) is 0 Å². The maximum absolute atomic E-state index is 12.7. The van der Waals surface area contributed by atoms with E-state index >= 15 is 0 Å². The van der Waals surface area contributed by atoms with Crippen LogP contribution in [0.2, 0.25) is 0 Å². The van der Waals surface area contributed by atoms with Gasteiger partial charge in [0, 0.05) is 55.8 Å². The predicted octanol–water partition coefficient (Wildman–Crippen LogP) is 4.76. The van der Waals surface area contributed by atoms with Gasteiger partial charge in [-0.3, -0.25) is 4.90 Å².